The topological polar surface area (TPSA) is 197 Å². The third-order valence-electron chi connectivity index (χ3n) is 7.99. The minimum atomic E-state index is -1.63. The van der Waals surface area contributed by atoms with Crippen molar-refractivity contribution in [3.63, 3.8) is 0 Å². The number of phenolic OH excluding ortho intramolecular Hbond substituents is 2. The van der Waals surface area contributed by atoms with E-state index >= 15 is 0 Å². The number of hydrogen-bond donors (Lipinski definition) is 7. The first-order chi connectivity index (χ1) is 19.6. The van der Waals surface area contributed by atoms with Gasteiger partial charge in [0.15, 0.2) is 29.3 Å². The van der Waals surface area contributed by atoms with Gasteiger partial charge in [0, 0.05) is 18.1 Å². The first-order valence-corrected chi connectivity index (χ1v) is 13.1. The molecule has 0 bridgehead atoms. The van der Waals surface area contributed by atoms with E-state index in [0.717, 1.165) is 5.56 Å². The molecule has 0 spiro atoms. The Hall–Kier alpha value is -3.04. The van der Waals surface area contributed by atoms with E-state index in [-0.39, 0.29) is 47.7 Å². The van der Waals surface area contributed by atoms with Gasteiger partial charge in [-0.3, -0.25) is 0 Å². The van der Waals surface area contributed by atoms with Gasteiger partial charge in [-0.25, -0.2) is 0 Å². The fourth-order valence-electron chi connectivity index (χ4n) is 5.83. The molecule has 7 N–H and O–H groups in total. The average molecular weight is 583 g/mol. The van der Waals surface area contributed by atoms with Crippen LogP contribution in [0.4, 0.5) is 0 Å². The van der Waals surface area contributed by atoms with Crippen LogP contribution in [0.25, 0.3) is 0 Å². The van der Waals surface area contributed by atoms with E-state index in [0.29, 0.717) is 17.5 Å². The summed E-state index contributed by atoms with van der Waals surface area (Å²) in [5.74, 6) is -1.51. The van der Waals surface area contributed by atoms with Crippen LogP contribution in [0.1, 0.15) is 22.6 Å². The van der Waals surface area contributed by atoms with E-state index in [2.05, 4.69) is 0 Å². The highest BCUT2D eigenvalue weighted by molar-refractivity contribution is 5.64. The van der Waals surface area contributed by atoms with Crippen LogP contribution in [0, 0.1) is 11.8 Å². The first kappa shape index (κ1) is 30.9. The average Bonchev–Trinajstić information content (AvgIpc) is 2.98. The molecule has 0 aromatic heterocycles. The number of ether oxygens (including phenoxy) is 6. The van der Waals surface area contributed by atoms with E-state index in [1.807, 2.05) is 0 Å². The van der Waals surface area contributed by atoms with Gasteiger partial charge in [0.1, 0.15) is 24.4 Å². The monoisotopic (exact) mass is 582 g/mol. The van der Waals surface area contributed by atoms with E-state index in [4.69, 9.17) is 28.4 Å². The highest BCUT2D eigenvalue weighted by atomic mass is 16.7. The number of rotatable bonds is 10. The lowest BCUT2D eigenvalue weighted by molar-refractivity contribution is -0.304. The van der Waals surface area contributed by atoms with Gasteiger partial charge in [-0.05, 0) is 47.6 Å². The molecule has 2 aliphatic rings. The van der Waals surface area contributed by atoms with Crippen LogP contribution < -0.4 is 18.9 Å². The van der Waals surface area contributed by atoms with Crippen molar-refractivity contribution < 1.29 is 64.2 Å². The predicted octanol–water partition coefficient (Wildman–Crippen LogP) is -0.139. The lowest BCUT2D eigenvalue weighted by Crippen LogP contribution is -2.59. The summed E-state index contributed by atoms with van der Waals surface area (Å²) < 4.78 is 33.3. The van der Waals surface area contributed by atoms with Crippen LogP contribution in [0.5, 0.6) is 34.5 Å². The van der Waals surface area contributed by atoms with Gasteiger partial charge in [0.2, 0.25) is 11.5 Å². The Morgan fingerprint density at radius 2 is 1.39 bits per heavy atom. The van der Waals surface area contributed by atoms with Crippen molar-refractivity contribution in [3.05, 3.63) is 34.9 Å². The maximum Gasteiger partial charge on any atom is 0.201 e. The number of methoxy groups -OCH3 is 4. The largest absolute Gasteiger partial charge is 0.502 e. The maximum absolute atomic E-state index is 11.0. The summed E-state index contributed by atoms with van der Waals surface area (Å²) in [6.45, 7) is -1.02. The summed E-state index contributed by atoms with van der Waals surface area (Å²) in [4.78, 5) is 0. The zero-order valence-electron chi connectivity index (χ0n) is 23.3. The summed E-state index contributed by atoms with van der Waals surface area (Å²) in [6.07, 6.45) is -7.02. The quantitative estimate of drug-likeness (QED) is 0.196. The Morgan fingerprint density at radius 3 is 1.93 bits per heavy atom. The van der Waals surface area contributed by atoms with Crippen molar-refractivity contribution in [2.24, 2.45) is 11.8 Å². The third-order valence-corrected chi connectivity index (χ3v) is 7.99. The number of hydrogen-bond acceptors (Lipinski definition) is 13. The summed E-state index contributed by atoms with van der Waals surface area (Å²) in [7, 11) is 5.60. The van der Waals surface area contributed by atoms with Crippen LogP contribution in [-0.4, -0.2) is 115 Å². The molecule has 1 saturated heterocycles. The Morgan fingerprint density at radius 1 is 0.780 bits per heavy atom. The van der Waals surface area contributed by atoms with E-state index in [1.54, 1.807) is 18.2 Å². The molecular formula is C28H38O13. The van der Waals surface area contributed by atoms with Gasteiger partial charge >= 0.3 is 0 Å². The number of aliphatic hydroxyl groups excluding tert-OH is 5. The fraction of sp³-hybridized carbons (Fsp3) is 0.571. The molecule has 1 fully saturated rings. The van der Waals surface area contributed by atoms with Crippen LogP contribution >= 0.6 is 0 Å². The van der Waals surface area contributed by atoms with Crippen molar-refractivity contribution in [2.75, 3.05) is 48.3 Å². The van der Waals surface area contributed by atoms with Crippen molar-refractivity contribution in [1.82, 2.24) is 0 Å². The predicted molar refractivity (Wildman–Crippen MR) is 142 cm³/mol. The van der Waals surface area contributed by atoms with Crippen molar-refractivity contribution in [3.8, 4) is 34.5 Å². The van der Waals surface area contributed by atoms with Crippen LogP contribution in [-0.2, 0) is 15.9 Å². The molecule has 8 atom stereocenters. The summed E-state index contributed by atoms with van der Waals surface area (Å²) >= 11 is 0. The number of aromatic hydroxyl groups is 2. The van der Waals surface area contributed by atoms with Crippen LogP contribution in [0.15, 0.2) is 18.2 Å². The normalized spacial score (nSPS) is 29.5. The van der Waals surface area contributed by atoms with Gasteiger partial charge in [0.25, 0.3) is 0 Å². The molecule has 0 saturated carbocycles. The minimum absolute atomic E-state index is 0.123. The molecule has 1 heterocycles. The van der Waals surface area contributed by atoms with Crippen molar-refractivity contribution in [1.29, 1.82) is 0 Å². The second-order valence-corrected chi connectivity index (χ2v) is 10.1. The van der Waals surface area contributed by atoms with Crippen molar-refractivity contribution >= 4 is 0 Å². The molecule has 1 aliphatic carbocycles. The van der Waals surface area contributed by atoms with Gasteiger partial charge in [-0.2, -0.15) is 0 Å². The second kappa shape index (κ2) is 12.9. The molecule has 2 aromatic carbocycles. The smallest absolute Gasteiger partial charge is 0.201 e. The van der Waals surface area contributed by atoms with Gasteiger partial charge in [-0.15, -0.1) is 0 Å². The molecule has 41 heavy (non-hydrogen) atoms. The summed E-state index contributed by atoms with van der Waals surface area (Å²) in [6, 6.07) is 4.88. The lowest BCUT2D eigenvalue weighted by Gasteiger charge is -2.43. The summed E-state index contributed by atoms with van der Waals surface area (Å²) in [5.41, 5.74) is 1.88. The zero-order chi connectivity index (χ0) is 30.0. The highest BCUT2D eigenvalue weighted by Crippen LogP contribution is 2.54. The molecule has 0 radical (unpaired) electrons. The minimum Gasteiger partial charge on any atom is -0.502 e. The molecule has 0 amide bonds. The Labute approximate surface area is 237 Å². The number of benzene rings is 2. The second-order valence-electron chi connectivity index (χ2n) is 10.1. The standard InChI is InChI=1S/C28H38O13/c1-36-16-7-13(8-17(37-2)22(16)31)20-15(11-40-28-26(35)25(34)23(32)19(10-30)41-28)14(9-29)5-12-6-18(38-3)24(33)27(39-4)21(12)20/h6-8,14-15,19-20,23,25-26,28-35H,5,9-11H2,1-4H3/t14-,15+,19+,20-,23-,25-,26-,28-/m1/s1. The first-order valence-electron chi connectivity index (χ1n) is 13.1. The zero-order valence-corrected chi connectivity index (χ0v) is 23.3. The van der Waals surface area contributed by atoms with Gasteiger partial charge in [0.05, 0.1) is 41.7 Å². The van der Waals surface area contributed by atoms with E-state index in [9.17, 15) is 35.7 Å². The molecule has 13 heteroatoms. The lowest BCUT2D eigenvalue weighted by atomic mass is 9.66. The molecule has 0 unspecified atom stereocenters. The van der Waals surface area contributed by atoms with Crippen LogP contribution in [0.2, 0.25) is 0 Å². The van der Waals surface area contributed by atoms with Gasteiger partial charge in [-0.1, -0.05) is 0 Å². The Balaban J connectivity index is 1.85. The Kier molecular flexibility index (Phi) is 9.70. The maximum atomic E-state index is 11.0. The van der Waals surface area contributed by atoms with E-state index < -0.39 is 55.1 Å². The Bertz CT molecular complexity index is 1180. The highest BCUT2D eigenvalue weighted by Gasteiger charge is 2.46. The number of phenols is 2. The van der Waals surface area contributed by atoms with E-state index in [1.165, 1.54) is 28.4 Å². The molecule has 228 valence electrons. The third kappa shape index (κ3) is 5.58. The number of fused-ring (bicyclic) bond motifs is 1. The molecule has 2 aromatic rings. The molecular weight excluding hydrogens is 544 g/mol. The van der Waals surface area contributed by atoms with Crippen molar-refractivity contribution in [2.45, 2.75) is 43.0 Å². The summed E-state index contributed by atoms with van der Waals surface area (Å²) in [5, 5.41) is 72.6. The van der Waals surface area contributed by atoms with Gasteiger partial charge < -0.3 is 64.2 Å². The molecule has 13 nitrogen and oxygen atoms in total. The number of aliphatic hydroxyl groups is 5. The van der Waals surface area contributed by atoms with Crippen LogP contribution in [0.3, 0.4) is 0 Å². The molecule has 4 rings (SSSR count). The fourth-order valence-corrected chi connectivity index (χ4v) is 5.83. The SMILES string of the molecule is COc1cc([C@H]2c3c(cc(OC)c(O)c3OC)C[C@H](CO)[C@@H]2CO[C@@H]2O[C@@H](CO)[C@@H](O)[C@@H](O)[C@H]2O)cc(OC)c1O. The molecule has 1 aliphatic heterocycles.